The van der Waals surface area contributed by atoms with E-state index in [-0.39, 0.29) is 0 Å². The van der Waals surface area contributed by atoms with E-state index in [0.29, 0.717) is 29.8 Å². The van der Waals surface area contributed by atoms with Crippen molar-refractivity contribution in [3.63, 3.8) is 0 Å². The van der Waals surface area contributed by atoms with Crippen molar-refractivity contribution >= 4 is 27.3 Å². The van der Waals surface area contributed by atoms with Crippen LogP contribution in [0.3, 0.4) is 0 Å². The van der Waals surface area contributed by atoms with Crippen molar-refractivity contribution in [3.8, 4) is 0 Å². The Morgan fingerprint density at radius 3 is 2.56 bits per heavy atom. The smallest absolute Gasteiger partial charge is 0.252 e. The number of nitrogens with one attached hydrogen (secondary N) is 1. The van der Waals surface area contributed by atoms with Crippen LogP contribution in [0.25, 0.3) is 0 Å². The van der Waals surface area contributed by atoms with Crippen molar-refractivity contribution in [2.45, 2.75) is 57.1 Å². The van der Waals surface area contributed by atoms with Gasteiger partial charge in [0.25, 0.3) is 10.0 Å². The zero-order valence-electron chi connectivity index (χ0n) is 15.6. The summed E-state index contributed by atoms with van der Waals surface area (Å²) in [6, 6.07) is 3.57. The lowest BCUT2D eigenvalue weighted by Gasteiger charge is -2.16. The van der Waals surface area contributed by atoms with Crippen LogP contribution >= 0.6 is 11.3 Å². The van der Waals surface area contributed by atoms with E-state index in [1.165, 1.54) is 34.9 Å². The molecule has 0 radical (unpaired) electrons. The van der Waals surface area contributed by atoms with Gasteiger partial charge in [-0.1, -0.05) is 40.0 Å². The molecule has 0 saturated carbocycles. The lowest BCUT2D eigenvalue weighted by Crippen LogP contribution is -2.33. The third-order valence-electron chi connectivity index (χ3n) is 3.91. The molecule has 3 N–H and O–H groups in total. The monoisotopic (exact) mass is 388 g/mol. The molecule has 0 bridgehead atoms. The Kier molecular flexibility index (Phi) is 10.1. The Hall–Kier alpha value is -1.12. The zero-order chi connectivity index (χ0) is 18.7. The summed E-state index contributed by atoms with van der Waals surface area (Å²) >= 11 is 1.33. The van der Waals surface area contributed by atoms with Gasteiger partial charge in [0, 0.05) is 31.1 Å². The van der Waals surface area contributed by atoms with Gasteiger partial charge in [-0.15, -0.1) is 11.3 Å². The normalized spacial score (nSPS) is 12.7. The predicted octanol–water partition coefficient (Wildman–Crippen LogP) is 2.81. The van der Waals surface area contributed by atoms with Crippen molar-refractivity contribution in [1.29, 1.82) is 0 Å². The second-order valence-corrected chi connectivity index (χ2v) is 9.15. The van der Waals surface area contributed by atoms with Crippen LogP contribution in [-0.2, 0) is 16.4 Å². The third-order valence-corrected chi connectivity index (χ3v) is 7.57. The van der Waals surface area contributed by atoms with Crippen LogP contribution in [0.2, 0.25) is 0 Å². The van der Waals surface area contributed by atoms with Crippen LogP contribution in [0.5, 0.6) is 0 Å². The van der Waals surface area contributed by atoms with Gasteiger partial charge < -0.3 is 11.1 Å². The van der Waals surface area contributed by atoms with E-state index in [1.807, 2.05) is 19.9 Å². The number of nitrogens with two attached hydrogens (primary N) is 1. The van der Waals surface area contributed by atoms with E-state index < -0.39 is 10.0 Å². The highest BCUT2D eigenvalue weighted by Crippen LogP contribution is 2.25. The van der Waals surface area contributed by atoms with Crippen LogP contribution in [0.1, 0.15) is 51.3 Å². The molecule has 1 aromatic heterocycles. The first-order valence-corrected chi connectivity index (χ1v) is 11.3. The largest absolute Gasteiger partial charge is 0.370 e. The first-order valence-electron chi connectivity index (χ1n) is 9.08. The summed E-state index contributed by atoms with van der Waals surface area (Å²) in [7, 11) is -3.36. The maximum atomic E-state index is 12.5. The number of nitrogens with zero attached hydrogens (tertiary/aromatic N) is 2. The Bertz CT molecular complexity index is 622. The molecule has 144 valence electrons. The molecular formula is C17H32N4O2S2. The molecule has 0 amide bonds. The lowest BCUT2D eigenvalue weighted by atomic mass is 10.2. The van der Waals surface area contributed by atoms with Crippen molar-refractivity contribution in [2.75, 3.05) is 26.2 Å². The summed E-state index contributed by atoms with van der Waals surface area (Å²) in [5.74, 6) is 0.462. The highest BCUT2D eigenvalue weighted by molar-refractivity contribution is 7.91. The van der Waals surface area contributed by atoms with Gasteiger partial charge in [-0.05, 0) is 25.0 Å². The van der Waals surface area contributed by atoms with Crippen LogP contribution in [0.4, 0.5) is 0 Å². The maximum absolute atomic E-state index is 12.5. The number of sulfonamides is 1. The quantitative estimate of drug-likeness (QED) is 0.327. The van der Waals surface area contributed by atoms with E-state index >= 15 is 0 Å². The number of aliphatic imine (C=N–C) groups is 1. The van der Waals surface area contributed by atoms with Crippen LogP contribution in [-0.4, -0.2) is 44.9 Å². The zero-order valence-corrected chi connectivity index (χ0v) is 17.3. The van der Waals surface area contributed by atoms with Gasteiger partial charge in [0.1, 0.15) is 4.21 Å². The minimum absolute atomic E-state index is 0.406. The number of rotatable bonds is 12. The number of unbranched alkanes of at least 4 members (excludes halogenated alkanes) is 3. The molecule has 6 nitrogen and oxygen atoms in total. The first kappa shape index (κ1) is 21.9. The molecule has 0 aliphatic carbocycles. The molecule has 0 aromatic carbocycles. The average molecular weight is 389 g/mol. The van der Waals surface area contributed by atoms with E-state index in [1.54, 1.807) is 6.07 Å². The summed E-state index contributed by atoms with van der Waals surface area (Å²) < 4.78 is 26.8. The number of hydrogen-bond donors (Lipinski definition) is 2. The van der Waals surface area contributed by atoms with Gasteiger partial charge in [-0.3, -0.25) is 4.99 Å². The molecule has 0 atom stereocenters. The number of guanidine groups is 1. The van der Waals surface area contributed by atoms with Crippen LogP contribution in [0, 0.1) is 0 Å². The molecule has 0 saturated heterocycles. The molecular weight excluding hydrogens is 356 g/mol. The molecule has 8 heteroatoms. The fourth-order valence-electron chi connectivity index (χ4n) is 2.43. The third kappa shape index (κ3) is 7.33. The molecule has 0 fully saturated rings. The topological polar surface area (TPSA) is 87.8 Å². The van der Waals surface area contributed by atoms with E-state index in [2.05, 4.69) is 17.2 Å². The van der Waals surface area contributed by atoms with E-state index in [9.17, 15) is 8.42 Å². The molecule has 1 rings (SSSR count). The van der Waals surface area contributed by atoms with Crippen molar-refractivity contribution in [3.05, 3.63) is 17.0 Å². The second-order valence-electron chi connectivity index (χ2n) is 5.81. The summed E-state index contributed by atoms with van der Waals surface area (Å²) in [6.45, 7) is 8.26. The minimum Gasteiger partial charge on any atom is -0.370 e. The fourth-order valence-corrected chi connectivity index (χ4v) is 5.40. The highest BCUT2D eigenvalue weighted by atomic mass is 32.2. The fraction of sp³-hybridized carbons (Fsp3) is 0.706. The summed E-state index contributed by atoms with van der Waals surface area (Å²) in [5, 5.41) is 3.09. The molecule has 0 aliphatic rings. The number of thiophene rings is 1. The molecule has 0 spiro atoms. The first-order chi connectivity index (χ1) is 12.0. The Balaban J connectivity index is 2.45. The molecule has 0 aliphatic heterocycles. The maximum Gasteiger partial charge on any atom is 0.252 e. The average Bonchev–Trinajstić information content (AvgIpc) is 3.05. The van der Waals surface area contributed by atoms with Gasteiger partial charge in [-0.2, -0.15) is 4.31 Å². The van der Waals surface area contributed by atoms with Gasteiger partial charge >= 0.3 is 0 Å². The van der Waals surface area contributed by atoms with Gasteiger partial charge in [0.2, 0.25) is 0 Å². The van der Waals surface area contributed by atoms with Crippen molar-refractivity contribution in [2.24, 2.45) is 10.7 Å². The highest BCUT2D eigenvalue weighted by Gasteiger charge is 2.23. The SMILES string of the molecule is CCCCCCN=C(N)NCCc1ccc(S(=O)(=O)N(CC)CC)s1. The molecule has 1 aromatic rings. The Labute approximate surface area is 156 Å². The van der Waals surface area contributed by atoms with Crippen molar-refractivity contribution < 1.29 is 8.42 Å². The van der Waals surface area contributed by atoms with Gasteiger partial charge in [0.05, 0.1) is 0 Å². The standard InChI is InChI=1S/C17H32N4O2S2/c1-4-7-8-9-13-19-17(18)20-14-12-15-10-11-16(24-15)25(22,23)21(5-2)6-3/h10-11H,4-9,12-14H2,1-3H3,(H3,18,19,20). The van der Waals surface area contributed by atoms with Gasteiger partial charge in [-0.25, -0.2) is 8.42 Å². The summed E-state index contributed by atoms with van der Waals surface area (Å²) in [4.78, 5) is 5.32. The summed E-state index contributed by atoms with van der Waals surface area (Å²) in [6.07, 6.45) is 5.43. The van der Waals surface area contributed by atoms with Crippen LogP contribution in [0.15, 0.2) is 21.3 Å². The second kappa shape index (κ2) is 11.5. The molecule has 25 heavy (non-hydrogen) atoms. The lowest BCUT2D eigenvalue weighted by molar-refractivity contribution is 0.447. The van der Waals surface area contributed by atoms with E-state index in [0.717, 1.165) is 24.3 Å². The summed E-state index contributed by atoms with van der Waals surface area (Å²) in [5.41, 5.74) is 5.84. The number of hydrogen-bond acceptors (Lipinski definition) is 4. The molecule has 1 heterocycles. The Morgan fingerprint density at radius 1 is 1.20 bits per heavy atom. The van der Waals surface area contributed by atoms with E-state index in [4.69, 9.17) is 5.73 Å². The Morgan fingerprint density at radius 2 is 1.92 bits per heavy atom. The predicted molar refractivity (Wildman–Crippen MR) is 107 cm³/mol. The van der Waals surface area contributed by atoms with Crippen molar-refractivity contribution in [1.82, 2.24) is 9.62 Å². The van der Waals surface area contributed by atoms with Gasteiger partial charge in [0.15, 0.2) is 5.96 Å². The molecule has 0 unspecified atom stereocenters. The van der Waals surface area contributed by atoms with Crippen LogP contribution < -0.4 is 11.1 Å². The minimum atomic E-state index is -3.36.